The number of piperazine rings is 1. The third-order valence-corrected chi connectivity index (χ3v) is 5.64. The van der Waals surface area contributed by atoms with Gasteiger partial charge in [0.25, 0.3) is 5.91 Å². The number of hydrogen-bond donors (Lipinski definition) is 0. The predicted molar refractivity (Wildman–Crippen MR) is 116 cm³/mol. The van der Waals surface area contributed by atoms with E-state index in [2.05, 4.69) is 29.3 Å². The van der Waals surface area contributed by atoms with E-state index in [0.29, 0.717) is 32.0 Å². The van der Waals surface area contributed by atoms with Crippen LogP contribution in [0.3, 0.4) is 0 Å². The highest BCUT2D eigenvalue weighted by atomic mass is 19.4. The van der Waals surface area contributed by atoms with Gasteiger partial charge in [0.1, 0.15) is 0 Å². The monoisotopic (exact) mass is 440 g/mol. The number of amides is 1. The average Bonchev–Trinajstić information content (AvgIpc) is 2.83. The summed E-state index contributed by atoms with van der Waals surface area (Å²) in [5.74, 6) is 0.317. The number of anilines is 1. The molecule has 0 aliphatic carbocycles. The van der Waals surface area contributed by atoms with Crippen molar-refractivity contribution in [2.75, 3.05) is 31.1 Å². The summed E-state index contributed by atoms with van der Waals surface area (Å²) in [4.78, 5) is 16.3. The molecule has 1 saturated heterocycles. The smallest absolute Gasteiger partial charge is 0.352 e. The topological polar surface area (TPSA) is 49.3 Å². The largest absolute Gasteiger partial charge is 0.416 e. The van der Waals surface area contributed by atoms with Crippen molar-refractivity contribution in [1.82, 2.24) is 15.1 Å². The van der Waals surface area contributed by atoms with Crippen molar-refractivity contribution in [3.05, 3.63) is 77.4 Å². The standard InChI is InChI=1S/C24H23F3N4O/c1-2-17-6-8-18(9-7-17)21-10-11-22(29-28-21)30-12-14-31(15-13-30)23(32)19-4-3-5-20(16-19)24(25,26)27/h3-11,16H,2,12-15H2,1H3. The van der Waals surface area contributed by atoms with Crippen LogP contribution in [-0.4, -0.2) is 47.2 Å². The van der Waals surface area contributed by atoms with Crippen LogP contribution in [0.5, 0.6) is 0 Å². The molecule has 0 radical (unpaired) electrons. The van der Waals surface area contributed by atoms with Gasteiger partial charge in [0.2, 0.25) is 0 Å². The van der Waals surface area contributed by atoms with E-state index >= 15 is 0 Å². The fraction of sp³-hybridized carbons (Fsp3) is 0.292. The first-order valence-corrected chi connectivity index (χ1v) is 10.5. The molecular weight excluding hydrogens is 417 g/mol. The number of rotatable bonds is 4. The van der Waals surface area contributed by atoms with E-state index in [0.717, 1.165) is 29.8 Å². The van der Waals surface area contributed by atoms with E-state index in [1.54, 1.807) is 4.90 Å². The van der Waals surface area contributed by atoms with Gasteiger partial charge in [-0.25, -0.2) is 0 Å². The van der Waals surface area contributed by atoms with Crippen molar-refractivity contribution in [3.8, 4) is 11.3 Å². The Morgan fingerprint density at radius 3 is 2.25 bits per heavy atom. The van der Waals surface area contributed by atoms with Crippen LogP contribution in [0.4, 0.5) is 19.0 Å². The van der Waals surface area contributed by atoms with Gasteiger partial charge >= 0.3 is 6.18 Å². The lowest BCUT2D eigenvalue weighted by Crippen LogP contribution is -2.49. The number of aryl methyl sites for hydroxylation is 1. The van der Waals surface area contributed by atoms with Gasteiger partial charge < -0.3 is 9.80 Å². The van der Waals surface area contributed by atoms with Crippen molar-refractivity contribution in [3.63, 3.8) is 0 Å². The van der Waals surface area contributed by atoms with Crippen LogP contribution < -0.4 is 4.90 Å². The van der Waals surface area contributed by atoms with Gasteiger partial charge in [0.05, 0.1) is 11.3 Å². The zero-order valence-corrected chi connectivity index (χ0v) is 17.6. The van der Waals surface area contributed by atoms with Crippen LogP contribution in [0.1, 0.15) is 28.4 Å². The summed E-state index contributed by atoms with van der Waals surface area (Å²) < 4.78 is 38.8. The van der Waals surface area contributed by atoms with E-state index < -0.39 is 17.6 Å². The highest BCUT2D eigenvalue weighted by molar-refractivity contribution is 5.94. The number of alkyl halides is 3. The van der Waals surface area contributed by atoms with Crippen molar-refractivity contribution in [2.24, 2.45) is 0 Å². The Morgan fingerprint density at radius 2 is 1.66 bits per heavy atom. The third-order valence-electron chi connectivity index (χ3n) is 5.64. The minimum atomic E-state index is -4.47. The Hall–Kier alpha value is -3.42. The molecule has 0 N–H and O–H groups in total. The molecule has 166 valence electrons. The molecule has 0 bridgehead atoms. The molecule has 8 heteroatoms. The number of nitrogens with zero attached hydrogens (tertiary/aromatic N) is 4. The molecule has 4 rings (SSSR count). The van der Waals surface area contributed by atoms with E-state index in [1.165, 1.54) is 17.7 Å². The second-order valence-electron chi connectivity index (χ2n) is 7.69. The van der Waals surface area contributed by atoms with Gasteiger partial charge in [-0.05, 0) is 42.3 Å². The molecular formula is C24H23F3N4O. The molecule has 0 spiro atoms. The van der Waals surface area contributed by atoms with E-state index in [4.69, 9.17) is 0 Å². The molecule has 1 aliphatic rings. The minimum Gasteiger partial charge on any atom is -0.352 e. The lowest BCUT2D eigenvalue weighted by molar-refractivity contribution is -0.137. The number of hydrogen-bond acceptors (Lipinski definition) is 4. The van der Waals surface area contributed by atoms with Crippen LogP contribution in [0, 0.1) is 0 Å². The van der Waals surface area contributed by atoms with Gasteiger partial charge in [-0.15, -0.1) is 10.2 Å². The van der Waals surface area contributed by atoms with Gasteiger partial charge in [-0.1, -0.05) is 37.3 Å². The lowest BCUT2D eigenvalue weighted by Gasteiger charge is -2.35. The van der Waals surface area contributed by atoms with Crippen molar-refractivity contribution < 1.29 is 18.0 Å². The number of halogens is 3. The van der Waals surface area contributed by atoms with Crippen LogP contribution in [-0.2, 0) is 12.6 Å². The second kappa shape index (κ2) is 8.98. The van der Waals surface area contributed by atoms with Crippen LogP contribution in [0.2, 0.25) is 0 Å². The van der Waals surface area contributed by atoms with Gasteiger partial charge in [0.15, 0.2) is 5.82 Å². The first kappa shape index (κ1) is 21.8. The highest BCUT2D eigenvalue weighted by Gasteiger charge is 2.31. The average molecular weight is 440 g/mol. The first-order chi connectivity index (χ1) is 15.3. The third kappa shape index (κ3) is 4.74. The number of benzene rings is 2. The van der Waals surface area contributed by atoms with Crippen LogP contribution in [0.25, 0.3) is 11.3 Å². The normalized spacial score (nSPS) is 14.5. The maximum Gasteiger partial charge on any atom is 0.416 e. The SMILES string of the molecule is CCc1ccc(-c2ccc(N3CCN(C(=O)c4cccc(C(F)(F)F)c4)CC3)nn2)cc1. The highest BCUT2D eigenvalue weighted by Crippen LogP contribution is 2.30. The van der Waals surface area contributed by atoms with Gasteiger partial charge in [0, 0.05) is 37.3 Å². The van der Waals surface area contributed by atoms with Gasteiger partial charge in [-0.3, -0.25) is 4.79 Å². The van der Waals surface area contributed by atoms with Crippen LogP contribution in [0.15, 0.2) is 60.7 Å². The Labute approximate surface area is 184 Å². The maximum absolute atomic E-state index is 12.9. The molecule has 1 aromatic heterocycles. The summed E-state index contributed by atoms with van der Waals surface area (Å²) in [7, 11) is 0. The zero-order chi connectivity index (χ0) is 22.7. The number of carbonyl (C=O) groups is 1. The van der Waals surface area contributed by atoms with E-state index in [9.17, 15) is 18.0 Å². The molecule has 2 heterocycles. The second-order valence-corrected chi connectivity index (χ2v) is 7.69. The minimum absolute atomic E-state index is 0.0477. The molecule has 1 aliphatic heterocycles. The summed E-state index contributed by atoms with van der Waals surface area (Å²) in [6.07, 6.45) is -3.50. The fourth-order valence-electron chi connectivity index (χ4n) is 3.71. The summed E-state index contributed by atoms with van der Waals surface area (Å²) in [5.41, 5.74) is 2.27. The van der Waals surface area contributed by atoms with Crippen molar-refractivity contribution in [1.29, 1.82) is 0 Å². The molecule has 0 atom stereocenters. The number of aromatic nitrogens is 2. The number of carbonyl (C=O) groups excluding carboxylic acids is 1. The molecule has 1 amide bonds. The Kier molecular flexibility index (Phi) is 6.12. The zero-order valence-electron chi connectivity index (χ0n) is 17.6. The van der Waals surface area contributed by atoms with Crippen molar-refractivity contribution in [2.45, 2.75) is 19.5 Å². The Morgan fingerprint density at radius 1 is 0.938 bits per heavy atom. The van der Waals surface area contributed by atoms with Crippen molar-refractivity contribution >= 4 is 11.7 Å². The summed E-state index contributed by atoms with van der Waals surface area (Å²) in [6.45, 7) is 3.97. The Bertz CT molecular complexity index is 1070. The maximum atomic E-state index is 12.9. The molecule has 0 unspecified atom stereocenters. The molecule has 0 saturated carbocycles. The predicted octanol–water partition coefficient (Wildman–Crippen LogP) is 4.69. The molecule has 32 heavy (non-hydrogen) atoms. The van der Waals surface area contributed by atoms with Crippen LogP contribution >= 0.6 is 0 Å². The first-order valence-electron chi connectivity index (χ1n) is 10.5. The fourth-order valence-corrected chi connectivity index (χ4v) is 3.71. The molecule has 3 aromatic rings. The lowest BCUT2D eigenvalue weighted by atomic mass is 10.1. The Balaban J connectivity index is 1.38. The molecule has 1 fully saturated rings. The molecule has 5 nitrogen and oxygen atoms in total. The summed E-state index contributed by atoms with van der Waals surface area (Å²) in [6, 6.07) is 16.6. The summed E-state index contributed by atoms with van der Waals surface area (Å²) in [5, 5.41) is 8.67. The molecule has 2 aromatic carbocycles. The van der Waals surface area contributed by atoms with Gasteiger partial charge in [-0.2, -0.15) is 13.2 Å². The summed E-state index contributed by atoms with van der Waals surface area (Å²) >= 11 is 0. The quantitative estimate of drug-likeness (QED) is 0.591. The van der Waals surface area contributed by atoms with E-state index in [-0.39, 0.29) is 5.56 Å². The van der Waals surface area contributed by atoms with E-state index in [1.807, 2.05) is 29.2 Å².